The average molecular weight is 328 g/mol. The van der Waals surface area contributed by atoms with Crippen molar-refractivity contribution in [1.29, 1.82) is 0 Å². The Balaban J connectivity index is 1.72. The third-order valence-corrected chi connectivity index (χ3v) is 3.69. The minimum atomic E-state index is -0.608. The molecule has 1 unspecified atom stereocenters. The fraction of sp³-hybridized carbons (Fsp3) is 0.278. The number of rotatable bonds is 8. The highest BCUT2D eigenvalue weighted by atomic mass is 16.6. The minimum Gasteiger partial charge on any atom is -0.388 e. The Bertz CT molecular complexity index is 688. The van der Waals surface area contributed by atoms with Crippen molar-refractivity contribution < 1.29 is 14.8 Å². The monoisotopic (exact) mass is 328 g/mol. The van der Waals surface area contributed by atoms with Crippen LogP contribution in [0.25, 0.3) is 0 Å². The second kappa shape index (κ2) is 8.79. The Morgan fingerprint density at radius 1 is 1.17 bits per heavy atom. The number of amides is 1. The number of aliphatic hydroxyl groups is 1. The summed E-state index contributed by atoms with van der Waals surface area (Å²) in [5, 5.41) is 23.5. The number of nitrogens with one attached hydrogen (secondary N) is 1. The van der Waals surface area contributed by atoms with Crippen LogP contribution in [-0.2, 0) is 11.2 Å². The molecule has 0 aliphatic heterocycles. The number of nitro benzene ring substituents is 1. The van der Waals surface area contributed by atoms with E-state index in [1.807, 2.05) is 30.3 Å². The van der Waals surface area contributed by atoms with Crippen LogP contribution in [0, 0.1) is 10.1 Å². The number of carbonyl (C=O) groups is 1. The van der Waals surface area contributed by atoms with Crippen LogP contribution in [0.1, 0.15) is 30.1 Å². The summed E-state index contributed by atoms with van der Waals surface area (Å²) in [5.41, 5.74) is 1.60. The highest BCUT2D eigenvalue weighted by molar-refractivity contribution is 5.76. The predicted octanol–water partition coefficient (Wildman–Crippen LogP) is 2.77. The molecule has 1 atom stereocenters. The van der Waals surface area contributed by atoms with Gasteiger partial charge in [-0.3, -0.25) is 14.9 Å². The molecular formula is C18H20N2O4. The molecule has 0 heterocycles. The van der Waals surface area contributed by atoms with Crippen LogP contribution in [0.3, 0.4) is 0 Å². The van der Waals surface area contributed by atoms with Crippen molar-refractivity contribution in [3.63, 3.8) is 0 Å². The molecule has 0 spiro atoms. The summed E-state index contributed by atoms with van der Waals surface area (Å²) in [4.78, 5) is 22.1. The van der Waals surface area contributed by atoms with Gasteiger partial charge in [0.15, 0.2) is 0 Å². The zero-order valence-electron chi connectivity index (χ0n) is 13.2. The number of hydrogen-bond donors (Lipinski definition) is 2. The molecule has 0 fully saturated rings. The lowest BCUT2D eigenvalue weighted by atomic mass is 10.1. The van der Waals surface area contributed by atoms with Crippen LogP contribution in [0.2, 0.25) is 0 Å². The van der Waals surface area contributed by atoms with E-state index in [4.69, 9.17) is 0 Å². The zero-order valence-corrected chi connectivity index (χ0v) is 13.2. The fourth-order valence-corrected chi connectivity index (χ4v) is 2.36. The van der Waals surface area contributed by atoms with Crippen LogP contribution in [-0.4, -0.2) is 22.5 Å². The number of nitro groups is 1. The molecule has 0 saturated heterocycles. The number of nitrogens with zero attached hydrogens (tertiary/aromatic N) is 1. The second-order valence-electron chi connectivity index (χ2n) is 5.49. The molecule has 1 amide bonds. The van der Waals surface area contributed by atoms with E-state index >= 15 is 0 Å². The molecule has 0 aromatic heterocycles. The number of carbonyl (C=O) groups excluding carboxylic acids is 1. The number of benzene rings is 2. The number of hydrogen-bond acceptors (Lipinski definition) is 4. The molecule has 2 aromatic carbocycles. The van der Waals surface area contributed by atoms with Crippen molar-refractivity contribution in [3.05, 3.63) is 75.8 Å². The highest BCUT2D eigenvalue weighted by Crippen LogP contribution is 2.16. The van der Waals surface area contributed by atoms with Gasteiger partial charge in [0.1, 0.15) is 0 Å². The summed E-state index contributed by atoms with van der Waals surface area (Å²) in [6.07, 6.45) is 0.521. The van der Waals surface area contributed by atoms with E-state index in [2.05, 4.69) is 5.32 Å². The van der Waals surface area contributed by atoms with Crippen molar-refractivity contribution >= 4 is 11.6 Å². The van der Waals surface area contributed by atoms with E-state index in [0.29, 0.717) is 19.4 Å². The van der Waals surface area contributed by atoms with Gasteiger partial charge in [0.05, 0.1) is 11.0 Å². The first-order valence-corrected chi connectivity index (χ1v) is 7.79. The molecule has 24 heavy (non-hydrogen) atoms. The van der Waals surface area contributed by atoms with Crippen molar-refractivity contribution in [1.82, 2.24) is 5.32 Å². The van der Waals surface area contributed by atoms with Crippen molar-refractivity contribution in [2.45, 2.75) is 25.4 Å². The van der Waals surface area contributed by atoms with Crippen molar-refractivity contribution in [3.8, 4) is 0 Å². The SMILES string of the molecule is O=C(CCc1cccc([N+](=O)[O-])c1)NCCC(O)c1ccccc1. The summed E-state index contributed by atoms with van der Waals surface area (Å²) < 4.78 is 0. The molecule has 0 aliphatic rings. The first-order chi connectivity index (χ1) is 11.6. The van der Waals surface area contributed by atoms with Crippen LogP contribution < -0.4 is 5.32 Å². The number of aliphatic hydroxyl groups excluding tert-OH is 1. The molecule has 126 valence electrons. The molecule has 0 aliphatic carbocycles. The molecular weight excluding hydrogens is 308 g/mol. The molecule has 2 aromatic rings. The average Bonchev–Trinajstić information content (AvgIpc) is 2.61. The van der Waals surface area contributed by atoms with Gasteiger partial charge in [-0.1, -0.05) is 42.5 Å². The van der Waals surface area contributed by atoms with Gasteiger partial charge in [0.2, 0.25) is 5.91 Å². The molecule has 0 saturated carbocycles. The van der Waals surface area contributed by atoms with Crippen LogP contribution >= 0.6 is 0 Å². The molecule has 6 heteroatoms. The van der Waals surface area contributed by atoms with Gasteiger partial charge in [-0.15, -0.1) is 0 Å². The third kappa shape index (κ3) is 5.48. The van der Waals surface area contributed by atoms with E-state index in [9.17, 15) is 20.0 Å². The molecule has 0 radical (unpaired) electrons. The lowest BCUT2D eigenvalue weighted by Crippen LogP contribution is -2.25. The first-order valence-electron chi connectivity index (χ1n) is 7.79. The van der Waals surface area contributed by atoms with Gasteiger partial charge >= 0.3 is 0 Å². The summed E-state index contributed by atoms with van der Waals surface area (Å²) in [5.74, 6) is -0.137. The Labute approximate surface area is 140 Å². The van der Waals surface area contributed by atoms with E-state index < -0.39 is 11.0 Å². The third-order valence-electron chi connectivity index (χ3n) is 3.69. The van der Waals surface area contributed by atoms with Crippen molar-refractivity contribution in [2.75, 3.05) is 6.54 Å². The predicted molar refractivity (Wildman–Crippen MR) is 90.4 cm³/mol. The fourth-order valence-electron chi connectivity index (χ4n) is 2.36. The Morgan fingerprint density at radius 2 is 1.92 bits per heavy atom. The molecule has 6 nitrogen and oxygen atoms in total. The van der Waals surface area contributed by atoms with Gasteiger partial charge in [0, 0.05) is 25.1 Å². The first kappa shape index (κ1) is 17.6. The quantitative estimate of drug-likeness (QED) is 0.575. The van der Waals surface area contributed by atoms with Gasteiger partial charge in [-0.05, 0) is 24.0 Å². The normalized spacial score (nSPS) is 11.7. The van der Waals surface area contributed by atoms with Crippen LogP contribution in [0.5, 0.6) is 0 Å². The van der Waals surface area contributed by atoms with Gasteiger partial charge < -0.3 is 10.4 Å². The lowest BCUT2D eigenvalue weighted by molar-refractivity contribution is -0.384. The van der Waals surface area contributed by atoms with Gasteiger partial charge in [0.25, 0.3) is 5.69 Å². The topological polar surface area (TPSA) is 92.5 Å². The van der Waals surface area contributed by atoms with Crippen molar-refractivity contribution in [2.24, 2.45) is 0 Å². The molecule has 2 rings (SSSR count). The number of aryl methyl sites for hydroxylation is 1. The van der Waals surface area contributed by atoms with Gasteiger partial charge in [-0.25, -0.2) is 0 Å². The van der Waals surface area contributed by atoms with Crippen LogP contribution in [0.15, 0.2) is 54.6 Å². The Kier molecular flexibility index (Phi) is 6.45. The largest absolute Gasteiger partial charge is 0.388 e. The summed E-state index contributed by atoms with van der Waals surface area (Å²) in [6.45, 7) is 0.379. The van der Waals surface area contributed by atoms with E-state index in [0.717, 1.165) is 11.1 Å². The van der Waals surface area contributed by atoms with E-state index in [-0.39, 0.29) is 18.0 Å². The van der Waals surface area contributed by atoms with Crippen LogP contribution in [0.4, 0.5) is 5.69 Å². The minimum absolute atomic E-state index is 0.0268. The van der Waals surface area contributed by atoms with Gasteiger partial charge in [-0.2, -0.15) is 0 Å². The zero-order chi connectivity index (χ0) is 17.4. The highest BCUT2D eigenvalue weighted by Gasteiger charge is 2.09. The van der Waals surface area contributed by atoms with E-state index in [1.165, 1.54) is 12.1 Å². The maximum absolute atomic E-state index is 11.8. The molecule has 0 bridgehead atoms. The second-order valence-corrected chi connectivity index (χ2v) is 5.49. The molecule has 2 N–H and O–H groups in total. The summed E-state index contributed by atoms with van der Waals surface area (Å²) >= 11 is 0. The lowest BCUT2D eigenvalue weighted by Gasteiger charge is -2.11. The smallest absolute Gasteiger partial charge is 0.269 e. The summed E-state index contributed by atoms with van der Waals surface area (Å²) in [7, 11) is 0. The summed E-state index contributed by atoms with van der Waals surface area (Å²) in [6, 6.07) is 15.6. The maximum Gasteiger partial charge on any atom is 0.269 e. The Morgan fingerprint density at radius 3 is 2.62 bits per heavy atom. The maximum atomic E-state index is 11.8. The standard InChI is InChI=1S/C18H20N2O4/c21-17(15-6-2-1-3-7-15)11-12-19-18(22)10-9-14-5-4-8-16(13-14)20(23)24/h1-8,13,17,21H,9-12H2,(H,19,22). The van der Waals surface area contributed by atoms with E-state index in [1.54, 1.807) is 12.1 Å². The Hall–Kier alpha value is -2.73. The number of non-ortho nitro benzene ring substituents is 1.